The monoisotopic (exact) mass is 408 g/mol. The van der Waals surface area contributed by atoms with Gasteiger partial charge in [-0.1, -0.05) is 48.6 Å². The molecule has 0 spiro atoms. The number of nitrogens with one attached hydrogen (secondary N) is 1. The van der Waals surface area contributed by atoms with Crippen LogP contribution < -0.4 is 10.2 Å². The summed E-state index contributed by atoms with van der Waals surface area (Å²) in [5.74, 6) is -0.116. The molecule has 0 saturated heterocycles. The highest BCUT2D eigenvalue weighted by Gasteiger charge is 2.34. The maximum Gasteiger partial charge on any atom is 0.282 e. The number of anilines is 1. The van der Waals surface area contributed by atoms with Gasteiger partial charge in [0.25, 0.3) is 11.8 Å². The first kappa shape index (κ1) is 19.1. The van der Waals surface area contributed by atoms with E-state index < -0.39 is 11.9 Å². The molecule has 2 aromatic heterocycles. The molecule has 0 aliphatic carbocycles. The van der Waals surface area contributed by atoms with E-state index in [2.05, 4.69) is 25.5 Å². The van der Waals surface area contributed by atoms with Gasteiger partial charge in [-0.25, -0.2) is 4.98 Å². The second-order valence-corrected chi connectivity index (χ2v) is 8.05. The van der Waals surface area contributed by atoms with E-state index in [-0.39, 0.29) is 16.8 Å². The molecule has 148 valence electrons. The number of aromatic nitrogens is 4. The lowest BCUT2D eigenvalue weighted by Gasteiger charge is -2.20. The van der Waals surface area contributed by atoms with Crippen molar-refractivity contribution in [3.63, 3.8) is 0 Å². The molecule has 4 rings (SSSR count). The number of amides is 2. The van der Waals surface area contributed by atoms with E-state index in [1.807, 2.05) is 37.3 Å². The number of carbonyl (C=O) groups excluding carboxylic acids is 2. The van der Waals surface area contributed by atoms with E-state index in [1.54, 1.807) is 19.4 Å². The molecule has 9 heteroatoms. The lowest BCUT2D eigenvalue weighted by atomic mass is 9.99. The number of hydrogen-bond donors (Lipinski definition) is 1. The average molecular weight is 408 g/mol. The van der Waals surface area contributed by atoms with Crippen molar-refractivity contribution < 1.29 is 9.59 Å². The number of fused-ring (bicyclic) bond motifs is 1. The molecule has 0 radical (unpaired) electrons. The van der Waals surface area contributed by atoms with Gasteiger partial charge in [0.15, 0.2) is 5.82 Å². The highest BCUT2D eigenvalue weighted by Crippen LogP contribution is 2.30. The molecule has 0 fully saturated rings. The first-order valence-electron chi connectivity index (χ1n) is 9.28. The fourth-order valence-corrected chi connectivity index (χ4v) is 4.16. The summed E-state index contributed by atoms with van der Waals surface area (Å²) in [6.45, 7) is 1.97. The fraction of sp³-hybridized carbons (Fsp3) is 0.300. The Kier molecular flexibility index (Phi) is 5.30. The summed E-state index contributed by atoms with van der Waals surface area (Å²) in [4.78, 5) is 35.7. The third-order valence-electron chi connectivity index (χ3n) is 4.87. The maximum atomic E-state index is 12.9. The van der Waals surface area contributed by atoms with E-state index >= 15 is 0 Å². The van der Waals surface area contributed by atoms with Crippen molar-refractivity contribution in [2.75, 3.05) is 11.9 Å². The zero-order valence-electron chi connectivity index (χ0n) is 16.1. The van der Waals surface area contributed by atoms with E-state index in [1.165, 1.54) is 16.2 Å². The van der Waals surface area contributed by atoms with Crippen LogP contribution in [-0.2, 0) is 11.2 Å². The van der Waals surface area contributed by atoms with Crippen LogP contribution in [0.15, 0.2) is 42.7 Å². The lowest BCUT2D eigenvalue weighted by molar-refractivity contribution is -0.120. The molecule has 3 heterocycles. The topological polar surface area (TPSA) is 101 Å². The molecule has 1 aliphatic rings. The van der Waals surface area contributed by atoms with Crippen LogP contribution in [0.3, 0.4) is 0 Å². The number of nitrogens with zero attached hydrogens (tertiary/aromatic N) is 5. The minimum absolute atomic E-state index is 0.0269. The molecule has 2 atom stereocenters. The maximum absolute atomic E-state index is 12.9. The Labute approximate surface area is 172 Å². The standard InChI is InChI=1S/C20H20N6O2S/c1-12-10-14(20(28)26(2)17-16(12)21-8-9-22-17)23-18(27)19-25-24-15(29-19)11-13-6-4-3-5-7-13/h3-9,12,14H,10-11H2,1-2H3,(H,23,27)/t12-,14+/m0/s1. The van der Waals surface area contributed by atoms with Crippen molar-refractivity contribution in [3.05, 3.63) is 64.0 Å². The Morgan fingerprint density at radius 1 is 1.21 bits per heavy atom. The minimum atomic E-state index is -0.681. The summed E-state index contributed by atoms with van der Waals surface area (Å²) in [6, 6.07) is 9.19. The highest BCUT2D eigenvalue weighted by molar-refractivity contribution is 7.13. The SMILES string of the molecule is C[C@H]1C[C@@H](NC(=O)c2nnc(Cc3ccccc3)s2)C(=O)N(C)c2nccnc21. The first-order chi connectivity index (χ1) is 14.0. The van der Waals surface area contributed by atoms with Gasteiger partial charge in [0.05, 0.1) is 5.69 Å². The van der Waals surface area contributed by atoms with Gasteiger partial charge in [0.2, 0.25) is 5.01 Å². The largest absolute Gasteiger partial charge is 0.338 e. The van der Waals surface area contributed by atoms with Crippen LogP contribution in [0.2, 0.25) is 0 Å². The second-order valence-electron chi connectivity index (χ2n) is 6.99. The van der Waals surface area contributed by atoms with E-state index in [9.17, 15) is 9.59 Å². The molecule has 1 N–H and O–H groups in total. The molecule has 1 aliphatic heterocycles. The number of benzene rings is 1. The normalized spacial score (nSPS) is 18.8. The Hall–Kier alpha value is -3.20. The number of rotatable bonds is 4. The van der Waals surface area contributed by atoms with Gasteiger partial charge in [0, 0.05) is 31.8 Å². The van der Waals surface area contributed by atoms with E-state index in [0.29, 0.717) is 18.7 Å². The smallest absolute Gasteiger partial charge is 0.282 e. The fourth-order valence-electron chi connectivity index (χ4n) is 3.38. The molecule has 1 aromatic carbocycles. The second kappa shape index (κ2) is 8.04. The van der Waals surface area contributed by atoms with Crippen LogP contribution in [-0.4, -0.2) is 45.1 Å². The van der Waals surface area contributed by atoms with Crippen LogP contribution in [0, 0.1) is 0 Å². The zero-order chi connectivity index (χ0) is 20.4. The molecule has 0 bridgehead atoms. The molecule has 0 unspecified atom stereocenters. The van der Waals surface area contributed by atoms with Crippen molar-refractivity contribution in [3.8, 4) is 0 Å². The predicted octanol–water partition coefficient (Wildman–Crippen LogP) is 2.19. The van der Waals surface area contributed by atoms with Gasteiger partial charge in [0.1, 0.15) is 11.0 Å². The summed E-state index contributed by atoms with van der Waals surface area (Å²) in [6.07, 6.45) is 4.22. The van der Waals surface area contributed by atoms with Crippen molar-refractivity contribution in [1.29, 1.82) is 0 Å². The quantitative estimate of drug-likeness (QED) is 0.710. The molecule has 2 amide bonds. The third-order valence-corrected chi connectivity index (χ3v) is 5.80. The van der Waals surface area contributed by atoms with Crippen molar-refractivity contribution in [2.24, 2.45) is 0 Å². The van der Waals surface area contributed by atoms with Crippen molar-refractivity contribution in [1.82, 2.24) is 25.5 Å². The summed E-state index contributed by atoms with van der Waals surface area (Å²) < 4.78 is 0. The van der Waals surface area contributed by atoms with Crippen LogP contribution in [0.4, 0.5) is 5.82 Å². The van der Waals surface area contributed by atoms with Gasteiger partial charge in [-0.3, -0.25) is 19.5 Å². The highest BCUT2D eigenvalue weighted by atomic mass is 32.1. The molecule has 8 nitrogen and oxygen atoms in total. The number of hydrogen-bond acceptors (Lipinski definition) is 7. The molecular weight excluding hydrogens is 388 g/mol. The van der Waals surface area contributed by atoms with Crippen molar-refractivity contribution >= 4 is 29.0 Å². The van der Waals surface area contributed by atoms with Gasteiger partial charge in [-0.15, -0.1) is 10.2 Å². The van der Waals surface area contributed by atoms with Crippen LogP contribution in [0.5, 0.6) is 0 Å². The van der Waals surface area contributed by atoms with Gasteiger partial charge < -0.3 is 5.32 Å². The Bertz CT molecular complexity index is 1040. The van der Waals surface area contributed by atoms with Crippen molar-refractivity contribution in [2.45, 2.75) is 31.7 Å². The molecule has 3 aromatic rings. The minimum Gasteiger partial charge on any atom is -0.338 e. The number of carbonyl (C=O) groups is 2. The average Bonchev–Trinajstić information content (AvgIpc) is 3.18. The van der Waals surface area contributed by atoms with E-state index in [0.717, 1.165) is 16.3 Å². The van der Waals surface area contributed by atoms with Crippen LogP contribution >= 0.6 is 11.3 Å². The lowest BCUT2D eigenvalue weighted by Crippen LogP contribution is -2.47. The molecule has 0 saturated carbocycles. The zero-order valence-corrected chi connectivity index (χ0v) is 16.9. The molecule has 29 heavy (non-hydrogen) atoms. The Morgan fingerprint density at radius 3 is 2.76 bits per heavy atom. The summed E-state index contributed by atoms with van der Waals surface area (Å²) >= 11 is 1.24. The van der Waals surface area contributed by atoms with Crippen LogP contribution in [0.25, 0.3) is 0 Å². The molecular formula is C20H20N6O2S. The Morgan fingerprint density at radius 2 is 1.97 bits per heavy atom. The Balaban J connectivity index is 1.48. The van der Waals surface area contributed by atoms with Gasteiger partial charge in [-0.05, 0) is 12.0 Å². The van der Waals surface area contributed by atoms with Crippen LogP contribution in [0.1, 0.15) is 45.3 Å². The summed E-state index contributed by atoms with van der Waals surface area (Å²) in [5, 5.41) is 11.9. The first-order valence-corrected chi connectivity index (χ1v) is 10.1. The van der Waals surface area contributed by atoms with Gasteiger partial charge in [-0.2, -0.15) is 0 Å². The van der Waals surface area contributed by atoms with E-state index in [4.69, 9.17) is 0 Å². The third kappa shape index (κ3) is 4.00. The van der Waals surface area contributed by atoms with Gasteiger partial charge >= 0.3 is 0 Å². The summed E-state index contributed by atoms with van der Waals surface area (Å²) in [5.41, 5.74) is 1.85. The summed E-state index contributed by atoms with van der Waals surface area (Å²) in [7, 11) is 1.65. The number of likely N-dealkylation sites (N-methyl/N-ethyl adjacent to an activating group) is 1. The predicted molar refractivity (Wildman–Crippen MR) is 109 cm³/mol.